The normalized spacial score (nSPS) is 10.3. The van der Waals surface area contributed by atoms with Gasteiger partial charge in [0.15, 0.2) is 0 Å². The second-order valence-corrected chi connectivity index (χ2v) is 3.96. The zero-order valence-electron chi connectivity index (χ0n) is 9.63. The number of hydrogen-bond acceptors (Lipinski definition) is 1. The van der Waals surface area contributed by atoms with Gasteiger partial charge < -0.3 is 5.73 Å². The van der Waals surface area contributed by atoms with Crippen molar-refractivity contribution < 1.29 is 0 Å². The van der Waals surface area contributed by atoms with Crippen LogP contribution in [0.3, 0.4) is 0 Å². The van der Waals surface area contributed by atoms with Crippen LogP contribution in [-0.4, -0.2) is 0 Å². The Bertz CT molecular complexity index is 298. The first-order chi connectivity index (χ1) is 7.27. The molecule has 0 spiro atoms. The van der Waals surface area contributed by atoms with Crippen molar-refractivity contribution in [3.05, 3.63) is 42.0 Å². The lowest BCUT2D eigenvalue weighted by Crippen LogP contribution is -1.95. The highest BCUT2D eigenvalue weighted by molar-refractivity contribution is 5.63. The predicted molar refractivity (Wildman–Crippen MR) is 67.5 cm³/mol. The Balaban J connectivity index is 2.50. The van der Waals surface area contributed by atoms with Crippen LogP contribution in [0.2, 0.25) is 0 Å². The van der Waals surface area contributed by atoms with Crippen LogP contribution in [0.15, 0.2) is 30.8 Å². The van der Waals surface area contributed by atoms with Crippen LogP contribution in [0.25, 0.3) is 5.57 Å². The summed E-state index contributed by atoms with van der Waals surface area (Å²) in [5.74, 6) is 0. The van der Waals surface area contributed by atoms with E-state index in [4.69, 9.17) is 5.73 Å². The van der Waals surface area contributed by atoms with Crippen LogP contribution < -0.4 is 5.73 Å². The van der Waals surface area contributed by atoms with E-state index < -0.39 is 0 Å². The molecule has 0 radical (unpaired) electrons. The zero-order chi connectivity index (χ0) is 11.1. The Morgan fingerprint density at radius 2 is 1.87 bits per heavy atom. The number of unbranched alkanes of at least 4 members (excludes halogenated alkanes) is 2. The summed E-state index contributed by atoms with van der Waals surface area (Å²) in [5, 5.41) is 0. The number of allylic oxidation sites excluding steroid dienone is 1. The molecule has 1 nitrogen and oxygen atoms in total. The van der Waals surface area contributed by atoms with Gasteiger partial charge >= 0.3 is 0 Å². The minimum Gasteiger partial charge on any atom is -0.326 e. The second-order valence-electron chi connectivity index (χ2n) is 3.96. The van der Waals surface area contributed by atoms with Crippen molar-refractivity contribution in [2.24, 2.45) is 5.73 Å². The third-order valence-electron chi connectivity index (χ3n) is 2.68. The molecule has 15 heavy (non-hydrogen) atoms. The zero-order valence-corrected chi connectivity index (χ0v) is 9.63. The van der Waals surface area contributed by atoms with Crippen molar-refractivity contribution in [2.45, 2.75) is 39.2 Å². The van der Waals surface area contributed by atoms with Crippen molar-refractivity contribution >= 4 is 5.57 Å². The fourth-order valence-electron chi connectivity index (χ4n) is 1.61. The summed E-state index contributed by atoms with van der Waals surface area (Å²) >= 11 is 0. The van der Waals surface area contributed by atoms with Gasteiger partial charge in [0.05, 0.1) is 0 Å². The molecule has 2 N–H and O–H groups in total. The van der Waals surface area contributed by atoms with Gasteiger partial charge in [-0.05, 0) is 29.5 Å². The Kier molecular flexibility index (Phi) is 5.13. The number of hydrogen-bond donors (Lipinski definition) is 1. The predicted octanol–water partition coefficient (Wildman–Crippen LogP) is 3.74. The molecule has 1 rings (SSSR count). The maximum Gasteiger partial charge on any atom is 0.0178 e. The van der Waals surface area contributed by atoms with Gasteiger partial charge in [-0.1, -0.05) is 50.6 Å². The average molecular weight is 203 g/mol. The van der Waals surface area contributed by atoms with Gasteiger partial charge in [-0.15, -0.1) is 0 Å². The lowest BCUT2D eigenvalue weighted by Gasteiger charge is -2.06. The van der Waals surface area contributed by atoms with E-state index in [1.54, 1.807) is 0 Å². The minimum absolute atomic E-state index is 0.614. The van der Waals surface area contributed by atoms with E-state index >= 15 is 0 Å². The molecule has 1 heteroatoms. The number of nitrogens with two attached hydrogens (primary N) is 1. The molecule has 0 bridgehead atoms. The summed E-state index contributed by atoms with van der Waals surface area (Å²) in [5.41, 5.74) is 9.23. The first-order valence-corrected chi connectivity index (χ1v) is 5.75. The number of benzene rings is 1. The maximum absolute atomic E-state index is 5.55. The molecule has 0 atom stereocenters. The summed E-state index contributed by atoms with van der Waals surface area (Å²) in [6.45, 7) is 6.96. The second kappa shape index (κ2) is 6.41. The van der Waals surface area contributed by atoms with Crippen LogP contribution in [0.4, 0.5) is 0 Å². The fourth-order valence-corrected chi connectivity index (χ4v) is 1.61. The lowest BCUT2D eigenvalue weighted by molar-refractivity contribution is 0.736. The van der Waals surface area contributed by atoms with Gasteiger partial charge in [0.2, 0.25) is 0 Å². The summed E-state index contributed by atoms with van der Waals surface area (Å²) < 4.78 is 0. The van der Waals surface area contributed by atoms with E-state index in [2.05, 4.69) is 37.8 Å². The SMILES string of the molecule is C=C(CCCCC)c1ccc(CN)cc1. The summed E-state index contributed by atoms with van der Waals surface area (Å²) in [6.07, 6.45) is 4.91. The van der Waals surface area contributed by atoms with E-state index in [-0.39, 0.29) is 0 Å². The molecule has 0 amide bonds. The maximum atomic E-state index is 5.55. The Hall–Kier alpha value is -1.08. The van der Waals surface area contributed by atoms with Crippen LogP contribution >= 0.6 is 0 Å². The van der Waals surface area contributed by atoms with Crippen molar-refractivity contribution in [1.29, 1.82) is 0 Å². The van der Waals surface area contributed by atoms with Crippen LogP contribution in [0, 0.1) is 0 Å². The van der Waals surface area contributed by atoms with E-state index in [1.807, 2.05) is 0 Å². The highest BCUT2D eigenvalue weighted by Crippen LogP contribution is 2.19. The first kappa shape index (κ1) is 12.0. The van der Waals surface area contributed by atoms with Crippen molar-refractivity contribution in [1.82, 2.24) is 0 Å². The highest BCUT2D eigenvalue weighted by Gasteiger charge is 1.98. The Morgan fingerprint density at radius 3 is 2.40 bits per heavy atom. The minimum atomic E-state index is 0.614. The molecule has 0 unspecified atom stereocenters. The topological polar surface area (TPSA) is 26.0 Å². The molecule has 0 heterocycles. The van der Waals surface area contributed by atoms with Gasteiger partial charge in [0, 0.05) is 6.54 Å². The molecule has 0 fully saturated rings. The fraction of sp³-hybridized carbons (Fsp3) is 0.429. The largest absolute Gasteiger partial charge is 0.326 e. The van der Waals surface area contributed by atoms with Gasteiger partial charge in [-0.3, -0.25) is 0 Å². The summed E-state index contributed by atoms with van der Waals surface area (Å²) in [4.78, 5) is 0. The van der Waals surface area contributed by atoms with Crippen molar-refractivity contribution in [3.8, 4) is 0 Å². The van der Waals surface area contributed by atoms with Crippen LogP contribution in [0.5, 0.6) is 0 Å². The molecule has 82 valence electrons. The smallest absolute Gasteiger partial charge is 0.0178 e. The van der Waals surface area contributed by atoms with E-state index in [0.29, 0.717) is 6.54 Å². The summed E-state index contributed by atoms with van der Waals surface area (Å²) in [6, 6.07) is 8.41. The van der Waals surface area contributed by atoms with E-state index in [1.165, 1.54) is 36.0 Å². The van der Waals surface area contributed by atoms with Crippen LogP contribution in [0.1, 0.15) is 43.7 Å². The third kappa shape index (κ3) is 3.88. The van der Waals surface area contributed by atoms with Crippen LogP contribution in [-0.2, 0) is 6.54 Å². The van der Waals surface area contributed by atoms with Crippen molar-refractivity contribution in [3.63, 3.8) is 0 Å². The van der Waals surface area contributed by atoms with E-state index in [0.717, 1.165) is 6.42 Å². The molecule has 0 aliphatic carbocycles. The molecular weight excluding hydrogens is 182 g/mol. The van der Waals surface area contributed by atoms with E-state index in [9.17, 15) is 0 Å². The average Bonchev–Trinajstić information content (AvgIpc) is 2.29. The monoisotopic (exact) mass is 203 g/mol. The Labute approximate surface area is 93.0 Å². The molecule has 0 aliphatic rings. The van der Waals surface area contributed by atoms with Gasteiger partial charge in [-0.25, -0.2) is 0 Å². The lowest BCUT2D eigenvalue weighted by atomic mass is 10.0. The molecule has 0 saturated carbocycles. The highest BCUT2D eigenvalue weighted by atomic mass is 14.5. The molecule has 0 aromatic heterocycles. The standard InChI is InChI=1S/C14H21N/c1-3-4-5-6-12(2)14-9-7-13(11-15)8-10-14/h7-10H,2-6,11,15H2,1H3. The molecule has 0 aliphatic heterocycles. The van der Waals surface area contributed by atoms with Crippen molar-refractivity contribution in [2.75, 3.05) is 0 Å². The molecule has 1 aromatic carbocycles. The third-order valence-corrected chi connectivity index (χ3v) is 2.68. The van der Waals surface area contributed by atoms with Gasteiger partial charge in [0.25, 0.3) is 0 Å². The number of rotatable bonds is 6. The van der Waals surface area contributed by atoms with Gasteiger partial charge in [-0.2, -0.15) is 0 Å². The molecule has 1 aromatic rings. The quantitative estimate of drug-likeness (QED) is 0.700. The Morgan fingerprint density at radius 1 is 1.20 bits per heavy atom. The molecular formula is C14H21N. The first-order valence-electron chi connectivity index (χ1n) is 5.75. The molecule has 0 saturated heterocycles. The van der Waals surface area contributed by atoms with Gasteiger partial charge in [0.1, 0.15) is 0 Å². The summed E-state index contributed by atoms with van der Waals surface area (Å²) in [7, 11) is 0.